The van der Waals surface area contributed by atoms with E-state index in [4.69, 9.17) is 24.3 Å². The third-order valence-corrected chi connectivity index (χ3v) is 13.0. The molecule has 9 heteroatoms. The van der Waals surface area contributed by atoms with Crippen LogP contribution in [-0.2, 0) is 27.9 Å². The molecule has 0 aliphatic rings. The minimum Gasteiger partial charge on any atom is -0.457 e. The van der Waals surface area contributed by atoms with E-state index in [0.717, 1.165) is 57.8 Å². The highest BCUT2D eigenvalue weighted by Gasteiger charge is 2.25. The summed E-state index contributed by atoms with van der Waals surface area (Å²) in [6, 6.07) is 0. The number of unbranched alkanes of at least 4 members (excludes halogenated alkanes) is 32. The highest BCUT2D eigenvalue weighted by molar-refractivity contribution is 7.47. The van der Waals surface area contributed by atoms with Crippen molar-refractivity contribution in [2.75, 3.05) is 33.0 Å². The van der Waals surface area contributed by atoms with Crippen LogP contribution in [0.4, 0.5) is 0 Å². The first-order valence-corrected chi connectivity index (χ1v) is 29.1. The minimum atomic E-state index is -4.28. The average molecular weight is 936 g/mol. The number of hydrogen-bond acceptors (Lipinski definition) is 7. The number of carbonyl (C=O) groups is 1. The summed E-state index contributed by atoms with van der Waals surface area (Å²) >= 11 is 0. The van der Waals surface area contributed by atoms with Crippen LogP contribution in [0.15, 0.2) is 48.6 Å². The van der Waals surface area contributed by atoms with E-state index in [2.05, 4.69) is 62.5 Å². The first kappa shape index (κ1) is 63.5. The predicted octanol–water partition coefficient (Wildman–Crippen LogP) is 17.5. The van der Waals surface area contributed by atoms with Crippen LogP contribution in [0.3, 0.4) is 0 Å². The fraction of sp³-hybridized carbons (Fsp3) is 0.839. The molecule has 0 heterocycles. The van der Waals surface area contributed by atoms with Gasteiger partial charge in [0.2, 0.25) is 0 Å². The first-order chi connectivity index (χ1) is 31.9. The number of esters is 1. The van der Waals surface area contributed by atoms with Crippen molar-refractivity contribution in [3.8, 4) is 0 Å². The molecule has 8 nitrogen and oxygen atoms in total. The van der Waals surface area contributed by atoms with Gasteiger partial charge in [-0.3, -0.25) is 13.8 Å². The molecule has 2 unspecified atom stereocenters. The van der Waals surface area contributed by atoms with Gasteiger partial charge in [-0.1, -0.05) is 255 Å². The van der Waals surface area contributed by atoms with Crippen LogP contribution >= 0.6 is 7.82 Å². The van der Waals surface area contributed by atoms with E-state index in [9.17, 15) is 14.3 Å². The maximum Gasteiger partial charge on any atom is 0.472 e. The second kappa shape index (κ2) is 53.4. The summed E-state index contributed by atoms with van der Waals surface area (Å²) in [5, 5.41) is 0. The molecule has 0 aliphatic carbocycles. The summed E-state index contributed by atoms with van der Waals surface area (Å²) in [7, 11) is -4.28. The smallest absolute Gasteiger partial charge is 0.457 e. The Labute approximate surface area is 402 Å². The number of phosphoric ester groups is 1. The van der Waals surface area contributed by atoms with Gasteiger partial charge in [0.25, 0.3) is 0 Å². The van der Waals surface area contributed by atoms with E-state index in [1.165, 1.54) is 186 Å². The number of phosphoric acid groups is 1. The molecule has 0 aromatic heterocycles. The number of nitrogens with two attached hydrogens (primary N) is 1. The van der Waals surface area contributed by atoms with Crippen LogP contribution in [-0.4, -0.2) is 49.9 Å². The molecule has 0 spiro atoms. The standard InChI is InChI=1S/C56H106NO7P/c1-3-5-7-9-11-13-15-17-19-21-23-25-26-27-28-29-30-32-34-36-38-40-42-44-46-48-51-61-53-55(54-63-65(59,60)62-52-50-57)64-56(58)49-47-45-43-41-39-37-35-33-31-24-22-20-18-16-14-12-10-8-6-4-2/h5,7,11,13,17,19,23,25,55H,3-4,6,8-10,12,14-16,18,20-22,24,26-54,57H2,1-2H3,(H,59,60)/b7-5-,13-11-,19-17-,25-23-. The molecular weight excluding hydrogens is 830 g/mol. The van der Waals surface area contributed by atoms with Crippen LogP contribution in [0.5, 0.6) is 0 Å². The Morgan fingerprint density at radius 2 is 0.862 bits per heavy atom. The van der Waals surface area contributed by atoms with Crippen LogP contribution in [0.2, 0.25) is 0 Å². The van der Waals surface area contributed by atoms with Crippen molar-refractivity contribution in [2.45, 2.75) is 270 Å². The molecular formula is C56H106NO7P. The normalized spacial score (nSPS) is 13.6. The highest BCUT2D eigenvalue weighted by atomic mass is 31.2. The Morgan fingerprint density at radius 3 is 1.29 bits per heavy atom. The maximum absolute atomic E-state index is 12.7. The highest BCUT2D eigenvalue weighted by Crippen LogP contribution is 2.43. The Balaban J connectivity index is 3.87. The lowest BCUT2D eigenvalue weighted by Gasteiger charge is -2.20. The fourth-order valence-electron chi connectivity index (χ4n) is 7.99. The Hall–Kier alpha value is -1.54. The SMILES string of the molecule is CC/C=C\C/C=C\C/C=C\C/C=C\CCCCCCCCCCCCCCCOCC(COP(=O)(O)OCCN)OC(=O)CCCCCCCCCCCCCCCCCCCCCC. The lowest BCUT2D eigenvalue weighted by Crippen LogP contribution is -2.28. The largest absolute Gasteiger partial charge is 0.472 e. The summed E-state index contributed by atoms with van der Waals surface area (Å²) in [5.41, 5.74) is 5.40. The second-order valence-electron chi connectivity index (χ2n) is 18.4. The summed E-state index contributed by atoms with van der Waals surface area (Å²) in [6.07, 6.45) is 65.8. The third kappa shape index (κ3) is 53.3. The van der Waals surface area contributed by atoms with E-state index >= 15 is 0 Å². The molecule has 0 saturated carbocycles. The van der Waals surface area contributed by atoms with E-state index in [-0.39, 0.29) is 32.3 Å². The Morgan fingerprint density at radius 1 is 0.477 bits per heavy atom. The summed E-state index contributed by atoms with van der Waals surface area (Å²) in [6.45, 7) is 4.86. The molecule has 0 aliphatic heterocycles. The number of allylic oxidation sites excluding steroid dienone is 8. The molecule has 65 heavy (non-hydrogen) atoms. The zero-order valence-electron chi connectivity index (χ0n) is 42.7. The lowest BCUT2D eigenvalue weighted by atomic mass is 10.0. The van der Waals surface area contributed by atoms with Crippen molar-refractivity contribution in [3.63, 3.8) is 0 Å². The van der Waals surface area contributed by atoms with Gasteiger partial charge in [0.05, 0.1) is 19.8 Å². The van der Waals surface area contributed by atoms with Gasteiger partial charge in [-0.2, -0.15) is 0 Å². The van der Waals surface area contributed by atoms with Gasteiger partial charge < -0.3 is 20.1 Å². The van der Waals surface area contributed by atoms with Gasteiger partial charge in [0.15, 0.2) is 0 Å². The Kier molecular flexibility index (Phi) is 52.1. The van der Waals surface area contributed by atoms with Crippen LogP contribution in [0.25, 0.3) is 0 Å². The number of rotatable bonds is 53. The van der Waals surface area contributed by atoms with Gasteiger partial charge in [-0.05, 0) is 51.4 Å². The van der Waals surface area contributed by atoms with Gasteiger partial charge in [0.1, 0.15) is 6.10 Å². The maximum atomic E-state index is 12.7. The molecule has 0 amide bonds. The minimum absolute atomic E-state index is 0.0945. The molecule has 0 aromatic carbocycles. The topological polar surface area (TPSA) is 117 Å². The fourth-order valence-corrected chi connectivity index (χ4v) is 8.76. The van der Waals surface area contributed by atoms with Gasteiger partial charge in [-0.15, -0.1) is 0 Å². The lowest BCUT2D eigenvalue weighted by molar-refractivity contribution is -0.154. The molecule has 2 atom stereocenters. The molecule has 0 radical (unpaired) electrons. The molecule has 0 fully saturated rings. The van der Waals surface area contributed by atoms with Gasteiger partial charge in [-0.25, -0.2) is 4.57 Å². The van der Waals surface area contributed by atoms with Crippen molar-refractivity contribution < 1.29 is 32.8 Å². The van der Waals surface area contributed by atoms with E-state index < -0.39 is 13.9 Å². The molecule has 0 aromatic rings. The molecule has 0 saturated heterocycles. The van der Waals surface area contributed by atoms with Crippen molar-refractivity contribution in [1.29, 1.82) is 0 Å². The zero-order valence-corrected chi connectivity index (χ0v) is 43.6. The summed E-state index contributed by atoms with van der Waals surface area (Å²) in [5.74, 6) is -0.325. The average Bonchev–Trinajstić information content (AvgIpc) is 3.30. The Bertz CT molecular complexity index is 1140. The summed E-state index contributed by atoms with van der Waals surface area (Å²) in [4.78, 5) is 22.6. The summed E-state index contributed by atoms with van der Waals surface area (Å²) < 4.78 is 33.7. The number of hydrogen-bond donors (Lipinski definition) is 2. The predicted molar refractivity (Wildman–Crippen MR) is 279 cm³/mol. The third-order valence-electron chi connectivity index (χ3n) is 12.0. The van der Waals surface area contributed by atoms with Gasteiger partial charge in [0, 0.05) is 19.6 Å². The van der Waals surface area contributed by atoms with Crippen molar-refractivity contribution >= 4 is 13.8 Å². The number of ether oxygens (including phenoxy) is 2. The van der Waals surface area contributed by atoms with Gasteiger partial charge >= 0.3 is 13.8 Å². The number of carbonyl (C=O) groups excluding carboxylic acids is 1. The van der Waals surface area contributed by atoms with Crippen molar-refractivity contribution in [3.05, 3.63) is 48.6 Å². The van der Waals surface area contributed by atoms with Crippen molar-refractivity contribution in [1.82, 2.24) is 0 Å². The quantitative estimate of drug-likeness (QED) is 0.0268. The monoisotopic (exact) mass is 936 g/mol. The molecule has 0 rings (SSSR count). The second-order valence-corrected chi connectivity index (χ2v) is 19.9. The van der Waals surface area contributed by atoms with Crippen LogP contribution in [0, 0.1) is 0 Å². The van der Waals surface area contributed by atoms with Crippen LogP contribution in [0.1, 0.15) is 264 Å². The van der Waals surface area contributed by atoms with E-state index in [1.54, 1.807) is 0 Å². The first-order valence-electron chi connectivity index (χ1n) is 27.6. The zero-order chi connectivity index (χ0) is 47.3. The van der Waals surface area contributed by atoms with E-state index in [1.807, 2.05) is 0 Å². The molecule has 0 bridgehead atoms. The van der Waals surface area contributed by atoms with Crippen LogP contribution < -0.4 is 5.73 Å². The van der Waals surface area contributed by atoms with Crippen molar-refractivity contribution in [2.24, 2.45) is 5.73 Å². The van der Waals surface area contributed by atoms with E-state index in [0.29, 0.717) is 13.0 Å². The molecule has 382 valence electrons. The molecule has 3 N–H and O–H groups in total.